The van der Waals surface area contributed by atoms with E-state index in [0.717, 1.165) is 5.56 Å². The molecule has 25 heavy (non-hydrogen) atoms. The van der Waals surface area contributed by atoms with E-state index in [1.165, 1.54) is 12.3 Å². The highest BCUT2D eigenvalue weighted by molar-refractivity contribution is 5.79. The summed E-state index contributed by atoms with van der Waals surface area (Å²) in [5.74, 6) is -0.435. The molecule has 0 spiro atoms. The van der Waals surface area contributed by atoms with Crippen LogP contribution in [0.5, 0.6) is 0 Å². The summed E-state index contributed by atoms with van der Waals surface area (Å²) >= 11 is 0. The predicted octanol–water partition coefficient (Wildman–Crippen LogP) is 4.76. The van der Waals surface area contributed by atoms with Gasteiger partial charge in [0.1, 0.15) is 0 Å². The van der Waals surface area contributed by atoms with Crippen molar-refractivity contribution < 1.29 is 13.2 Å². The maximum atomic E-state index is 13.2. The van der Waals surface area contributed by atoms with Crippen molar-refractivity contribution in [3.63, 3.8) is 0 Å². The number of rotatable bonds is 4. The average molecular weight is 342 g/mol. The lowest BCUT2D eigenvalue weighted by atomic mass is 10.2. The number of anilines is 1. The van der Waals surface area contributed by atoms with E-state index in [1.807, 2.05) is 30.3 Å². The molecular formula is C18H13F3N4. The molecule has 3 aromatic rings. The van der Waals surface area contributed by atoms with E-state index >= 15 is 0 Å². The van der Waals surface area contributed by atoms with Gasteiger partial charge < -0.3 is 0 Å². The van der Waals surface area contributed by atoms with Gasteiger partial charge in [0.25, 0.3) is 0 Å². The lowest BCUT2D eigenvalue weighted by Crippen LogP contribution is -2.13. The molecule has 0 aliphatic rings. The Morgan fingerprint density at radius 1 is 0.880 bits per heavy atom. The number of hydrogen-bond acceptors (Lipinski definition) is 4. The largest absolute Gasteiger partial charge is 0.437 e. The Kier molecular flexibility index (Phi) is 4.74. The molecule has 0 saturated heterocycles. The van der Waals surface area contributed by atoms with Gasteiger partial charge in [-0.2, -0.15) is 18.3 Å². The Bertz CT molecular complexity index is 919. The smallest absolute Gasteiger partial charge is 0.260 e. The van der Waals surface area contributed by atoms with E-state index in [2.05, 4.69) is 20.5 Å². The summed E-state index contributed by atoms with van der Waals surface area (Å²) in [6.45, 7) is 0. The van der Waals surface area contributed by atoms with Crippen molar-refractivity contribution in [2.45, 2.75) is 6.18 Å². The number of fused-ring (bicyclic) bond motifs is 1. The van der Waals surface area contributed by atoms with Crippen molar-refractivity contribution in [1.29, 1.82) is 0 Å². The summed E-state index contributed by atoms with van der Waals surface area (Å²) in [7, 11) is 0. The minimum Gasteiger partial charge on any atom is -0.260 e. The summed E-state index contributed by atoms with van der Waals surface area (Å²) in [4.78, 5) is 7.62. The Morgan fingerprint density at radius 3 is 2.20 bits per heavy atom. The second-order valence-corrected chi connectivity index (χ2v) is 5.07. The summed E-state index contributed by atoms with van der Waals surface area (Å²) in [5.41, 5.74) is 2.70. The lowest BCUT2D eigenvalue weighted by molar-refractivity contribution is -0.140. The van der Waals surface area contributed by atoms with Gasteiger partial charge >= 0.3 is 6.18 Å². The summed E-state index contributed by atoms with van der Waals surface area (Å²) < 4.78 is 39.5. The fourth-order valence-corrected chi connectivity index (χ4v) is 2.14. The van der Waals surface area contributed by atoms with Crippen LogP contribution in [-0.2, 0) is 6.18 Å². The number of nitrogens with one attached hydrogen (secondary N) is 1. The predicted molar refractivity (Wildman–Crippen MR) is 92.1 cm³/mol. The minimum absolute atomic E-state index is 0.174. The van der Waals surface area contributed by atoms with Crippen molar-refractivity contribution in [2.24, 2.45) is 5.10 Å². The lowest BCUT2D eigenvalue weighted by Gasteiger charge is -2.11. The van der Waals surface area contributed by atoms with E-state index in [1.54, 1.807) is 30.4 Å². The molecule has 0 amide bonds. The molecule has 1 N–H and O–H groups in total. The first-order chi connectivity index (χ1) is 12.0. The fraction of sp³-hybridized carbons (Fsp3) is 0.0556. The third-order valence-electron chi connectivity index (χ3n) is 3.26. The molecule has 1 heterocycles. The van der Waals surface area contributed by atoms with E-state index < -0.39 is 17.7 Å². The van der Waals surface area contributed by atoms with Crippen molar-refractivity contribution in [3.8, 4) is 0 Å². The van der Waals surface area contributed by atoms with E-state index in [0.29, 0.717) is 5.52 Å². The maximum Gasteiger partial charge on any atom is 0.437 e. The second-order valence-electron chi connectivity index (χ2n) is 5.07. The average Bonchev–Trinajstić information content (AvgIpc) is 2.61. The van der Waals surface area contributed by atoms with Crippen LogP contribution in [0.25, 0.3) is 17.1 Å². The van der Waals surface area contributed by atoms with Crippen molar-refractivity contribution >= 4 is 29.1 Å². The van der Waals surface area contributed by atoms with Crippen LogP contribution in [0, 0.1) is 0 Å². The monoisotopic (exact) mass is 342 g/mol. The molecule has 1 aromatic heterocycles. The van der Waals surface area contributed by atoms with Crippen LogP contribution in [0.2, 0.25) is 0 Å². The quantitative estimate of drug-likeness (QED) is 0.549. The highest BCUT2D eigenvalue weighted by atomic mass is 19.4. The number of hydrogen-bond donors (Lipinski definition) is 1. The zero-order chi connectivity index (χ0) is 17.7. The summed E-state index contributed by atoms with van der Waals surface area (Å²) in [6.07, 6.45) is 0.116. The summed E-state index contributed by atoms with van der Waals surface area (Å²) in [6, 6.07) is 15.8. The van der Waals surface area contributed by atoms with Crippen molar-refractivity contribution in [1.82, 2.24) is 9.97 Å². The van der Waals surface area contributed by atoms with Crippen LogP contribution in [0.15, 0.2) is 65.8 Å². The second kappa shape index (κ2) is 7.12. The first-order valence-corrected chi connectivity index (χ1v) is 7.39. The molecule has 7 heteroatoms. The van der Waals surface area contributed by atoms with Gasteiger partial charge in [0.05, 0.1) is 11.0 Å². The van der Waals surface area contributed by atoms with Gasteiger partial charge in [-0.25, -0.2) is 9.97 Å². The molecule has 0 unspecified atom stereocenters. The van der Waals surface area contributed by atoms with E-state index in [4.69, 9.17) is 0 Å². The number of benzene rings is 2. The van der Waals surface area contributed by atoms with Gasteiger partial charge in [0.2, 0.25) is 0 Å². The number of alkyl halides is 3. The number of aromatic nitrogens is 2. The number of hydrazone groups is 1. The molecule has 0 aliphatic heterocycles. The molecule has 3 rings (SSSR count). The molecule has 0 saturated carbocycles. The summed E-state index contributed by atoms with van der Waals surface area (Å²) in [5, 5.41) is 3.77. The van der Waals surface area contributed by atoms with Gasteiger partial charge in [0.15, 0.2) is 11.5 Å². The molecule has 0 radical (unpaired) electrons. The zero-order valence-electron chi connectivity index (χ0n) is 12.9. The Balaban J connectivity index is 1.82. The molecule has 4 nitrogen and oxygen atoms in total. The van der Waals surface area contributed by atoms with Crippen LogP contribution < -0.4 is 5.43 Å². The highest BCUT2D eigenvalue weighted by Gasteiger charge is 2.37. The highest BCUT2D eigenvalue weighted by Crippen LogP contribution is 2.33. The Morgan fingerprint density at radius 2 is 1.52 bits per heavy atom. The normalized spacial score (nSPS) is 12.3. The van der Waals surface area contributed by atoms with Gasteiger partial charge in [-0.3, -0.25) is 5.43 Å². The molecule has 0 fully saturated rings. The van der Waals surface area contributed by atoms with Crippen molar-refractivity contribution in [2.75, 3.05) is 5.43 Å². The third-order valence-corrected chi connectivity index (χ3v) is 3.26. The minimum atomic E-state index is -4.63. The molecule has 126 valence electrons. The van der Waals surface area contributed by atoms with Crippen molar-refractivity contribution in [3.05, 3.63) is 71.9 Å². The molecule has 0 atom stereocenters. The fourth-order valence-electron chi connectivity index (χ4n) is 2.14. The first kappa shape index (κ1) is 16.6. The molecule has 0 bridgehead atoms. The van der Waals surface area contributed by atoms with Crippen LogP contribution in [0.3, 0.4) is 0 Å². The topological polar surface area (TPSA) is 50.2 Å². The van der Waals surface area contributed by atoms with Gasteiger partial charge in [-0.15, -0.1) is 0 Å². The maximum absolute atomic E-state index is 13.2. The standard InChI is InChI=1S/C18H13F3N4/c19-18(20,21)16-17(24-15-11-5-4-10-14(15)23-16)25-22-12-6-9-13-7-2-1-3-8-13/h1-12H,(H,24,25). The first-order valence-electron chi connectivity index (χ1n) is 7.39. The third kappa shape index (κ3) is 4.20. The SMILES string of the molecule is FC(F)(F)c1nc2ccccc2nc1NN=CC=Cc1ccccc1. The zero-order valence-corrected chi connectivity index (χ0v) is 12.9. The van der Waals surface area contributed by atoms with E-state index in [-0.39, 0.29) is 5.52 Å². The van der Waals surface area contributed by atoms with Gasteiger partial charge in [-0.1, -0.05) is 48.5 Å². The number of para-hydroxylation sites is 2. The van der Waals surface area contributed by atoms with Crippen LogP contribution >= 0.6 is 0 Å². The molecular weight excluding hydrogens is 329 g/mol. The molecule has 2 aromatic carbocycles. The number of nitrogens with zero attached hydrogens (tertiary/aromatic N) is 3. The van der Waals surface area contributed by atoms with Gasteiger partial charge in [0, 0.05) is 6.21 Å². The molecule has 0 aliphatic carbocycles. The van der Waals surface area contributed by atoms with Crippen LogP contribution in [-0.4, -0.2) is 16.2 Å². The Hall–Kier alpha value is -3.22. The number of halogens is 3. The Labute approximate surface area is 141 Å². The number of allylic oxidation sites excluding steroid dienone is 1. The van der Waals surface area contributed by atoms with Gasteiger partial charge in [-0.05, 0) is 23.8 Å². The van der Waals surface area contributed by atoms with Crippen LogP contribution in [0.1, 0.15) is 11.3 Å². The van der Waals surface area contributed by atoms with E-state index in [9.17, 15) is 13.2 Å². The van der Waals surface area contributed by atoms with Crippen LogP contribution in [0.4, 0.5) is 19.0 Å².